The number of hydrogen-bond acceptors (Lipinski definition) is 17. The molecule has 20 rings (SSSR count). The summed E-state index contributed by atoms with van der Waals surface area (Å²) < 4.78 is 25.3. The quantitative estimate of drug-likeness (QED) is 0.156. The van der Waals surface area contributed by atoms with Gasteiger partial charge in [-0.2, -0.15) is 0 Å². The van der Waals surface area contributed by atoms with Crippen molar-refractivity contribution in [3.63, 3.8) is 0 Å². The molecule has 0 amide bonds. The van der Waals surface area contributed by atoms with E-state index in [1.807, 2.05) is 98.4 Å². The van der Waals surface area contributed by atoms with Gasteiger partial charge in [-0.1, -0.05) is 121 Å². The van der Waals surface area contributed by atoms with Crippen molar-refractivity contribution in [2.75, 3.05) is 53.3 Å². The zero-order valence-electron chi connectivity index (χ0n) is 61.1. The van der Waals surface area contributed by atoms with Gasteiger partial charge in [0.15, 0.2) is 51.4 Å². The van der Waals surface area contributed by atoms with Crippen LogP contribution < -0.4 is 39.2 Å². The summed E-state index contributed by atoms with van der Waals surface area (Å²) in [7, 11) is 4.14. The molecule has 12 heterocycles. The van der Waals surface area contributed by atoms with Gasteiger partial charge in [0.1, 0.15) is 47.0 Å². The second-order valence-electron chi connectivity index (χ2n) is 28.3. The first-order valence-corrected chi connectivity index (χ1v) is 36.0. The number of hydrogen-bond donors (Lipinski definition) is 0. The standard InChI is InChI=1S/2C23H23N3O.C21H19N3O.C20H18N4O/c2*1-14(2)25-16(4)26(23-19(25)9-7-13-24-23)21-15(3)11-12-18-17-8-5-6-10-20(17)27-22(18)21;1-13-10-11-16-15-7-4-5-9-18(15)25-20(16)19(13)24-14(2)23(3)21-17(24)8-6-12-22-21;1-12-8-9-15-14-6-4-5-7-16(14)25-18(15)17(12)24-13(2)23(3)19-20(24)22-11-10-21-19/h2*5-14,16H,1-4H3;4-12,14H,1-3H3;4-11,13H,1-3H3. The van der Waals surface area contributed by atoms with E-state index in [0.29, 0.717) is 12.1 Å². The number of aromatic nitrogens is 5. The van der Waals surface area contributed by atoms with E-state index in [-0.39, 0.29) is 24.7 Å². The summed E-state index contributed by atoms with van der Waals surface area (Å²) in [5.74, 6) is 4.75. The Kier molecular flexibility index (Phi) is 16.0. The molecule has 0 saturated carbocycles. The fourth-order valence-electron chi connectivity index (χ4n) is 16.5. The first-order chi connectivity index (χ1) is 50.5. The van der Waals surface area contributed by atoms with Crippen molar-refractivity contribution in [2.24, 2.45) is 0 Å². The highest BCUT2D eigenvalue weighted by Crippen LogP contribution is 2.53. The third kappa shape index (κ3) is 10.2. The maximum Gasteiger partial charge on any atom is 0.178 e. The fourth-order valence-corrected chi connectivity index (χ4v) is 16.5. The molecule has 17 heteroatoms. The van der Waals surface area contributed by atoms with Gasteiger partial charge < -0.3 is 52.0 Å². The average Bonchev–Trinajstić information content (AvgIpc) is 1.54. The third-order valence-electron chi connectivity index (χ3n) is 21.5. The van der Waals surface area contributed by atoms with Crippen molar-refractivity contribution in [1.29, 1.82) is 0 Å². The van der Waals surface area contributed by atoms with Crippen LogP contribution in [0.25, 0.3) is 87.8 Å². The molecule has 0 aliphatic carbocycles. The van der Waals surface area contributed by atoms with E-state index in [1.54, 1.807) is 12.4 Å². The summed E-state index contributed by atoms with van der Waals surface area (Å²) in [6.07, 6.45) is 9.66. The van der Waals surface area contributed by atoms with Crippen molar-refractivity contribution in [3.8, 4) is 0 Å². The molecule has 8 aromatic heterocycles. The van der Waals surface area contributed by atoms with Gasteiger partial charge in [0.25, 0.3) is 0 Å². The highest BCUT2D eigenvalue weighted by atomic mass is 16.3. The van der Waals surface area contributed by atoms with Crippen molar-refractivity contribution < 1.29 is 17.7 Å². The summed E-state index contributed by atoms with van der Waals surface area (Å²) in [5.41, 5.74) is 20.0. The van der Waals surface area contributed by atoms with E-state index < -0.39 is 0 Å². The summed E-state index contributed by atoms with van der Waals surface area (Å²) in [4.78, 5) is 41.6. The Morgan fingerprint density at radius 2 is 0.567 bits per heavy atom. The van der Waals surface area contributed by atoms with Crippen LogP contribution in [0.15, 0.2) is 231 Å². The lowest BCUT2D eigenvalue weighted by molar-refractivity contribution is 0.602. The molecule has 0 spiro atoms. The van der Waals surface area contributed by atoms with E-state index in [2.05, 4.69) is 253 Å². The predicted octanol–water partition coefficient (Wildman–Crippen LogP) is 21.8. The van der Waals surface area contributed by atoms with Crippen LogP contribution in [0.2, 0.25) is 0 Å². The van der Waals surface area contributed by atoms with Crippen LogP contribution in [0.5, 0.6) is 0 Å². The molecule has 104 heavy (non-hydrogen) atoms. The molecular formula is C87H83N13O4. The van der Waals surface area contributed by atoms with E-state index in [4.69, 9.17) is 27.6 Å². The SMILES string of the molecule is Cc1ccc2c(oc3ccccc32)c1N1c2cccnc2N(C)C1C.Cc1ccc2c(oc3ccccc32)c1N1c2ncccc2N(C(C)C)C1C.Cc1ccc2c(oc3ccccc32)c1N1c2ncccc2N(C(C)C)C1C.Cc1ccc2c(oc3ccccc32)c1N1c2nccnc2N(C)C1C. The van der Waals surface area contributed by atoms with Crippen LogP contribution in [-0.4, -0.2) is 75.8 Å². The molecule has 4 unspecified atom stereocenters. The number of fused-ring (bicyclic) bond motifs is 16. The minimum absolute atomic E-state index is 0.106. The average molecular weight is 1370 g/mol. The van der Waals surface area contributed by atoms with Crippen LogP contribution in [0.1, 0.15) is 77.6 Å². The lowest BCUT2D eigenvalue weighted by atomic mass is 10.1. The molecule has 0 radical (unpaired) electrons. The third-order valence-corrected chi connectivity index (χ3v) is 21.5. The molecule has 17 nitrogen and oxygen atoms in total. The molecule has 16 aromatic rings. The molecule has 0 fully saturated rings. The zero-order valence-corrected chi connectivity index (χ0v) is 61.1. The Hall–Kier alpha value is -12.1. The number of nitrogens with zero attached hydrogens (tertiary/aromatic N) is 13. The summed E-state index contributed by atoms with van der Waals surface area (Å²) in [6.45, 7) is 26.3. The second-order valence-corrected chi connectivity index (χ2v) is 28.3. The van der Waals surface area contributed by atoms with E-state index in [9.17, 15) is 0 Å². The molecular weight excluding hydrogens is 1290 g/mol. The Bertz CT molecular complexity index is 5650. The molecule has 8 aromatic carbocycles. The van der Waals surface area contributed by atoms with Gasteiger partial charge in [-0.3, -0.25) is 4.90 Å². The topological polar surface area (TPSA) is 143 Å². The van der Waals surface area contributed by atoms with Crippen LogP contribution in [0.4, 0.5) is 68.9 Å². The number of benzene rings is 8. The monoisotopic (exact) mass is 1370 g/mol. The fraction of sp³-hybridized carbons (Fsp3) is 0.230. The van der Waals surface area contributed by atoms with Crippen molar-refractivity contribution in [1.82, 2.24) is 24.9 Å². The van der Waals surface area contributed by atoms with Crippen LogP contribution >= 0.6 is 0 Å². The number of furan rings is 4. The van der Waals surface area contributed by atoms with E-state index in [0.717, 1.165) is 151 Å². The van der Waals surface area contributed by atoms with Crippen LogP contribution in [0.3, 0.4) is 0 Å². The minimum atomic E-state index is 0.106. The maximum atomic E-state index is 6.35. The van der Waals surface area contributed by atoms with Gasteiger partial charge in [0.05, 0.1) is 39.8 Å². The highest BCUT2D eigenvalue weighted by Gasteiger charge is 2.42. The number of aryl methyl sites for hydroxylation is 4. The Labute approximate surface area is 604 Å². The summed E-state index contributed by atoms with van der Waals surface area (Å²) >= 11 is 0. The summed E-state index contributed by atoms with van der Waals surface area (Å²) in [6, 6.07) is 63.5. The largest absolute Gasteiger partial charge is 0.454 e. The first-order valence-electron chi connectivity index (χ1n) is 36.0. The molecule has 0 N–H and O–H groups in total. The number of para-hydroxylation sites is 4. The van der Waals surface area contributed by atoms with Crippen LogP contribution in [0, 0.1) is 27.7 Å². The lowest BCUT2D eigenvalue weighted by Gasteiger charge is -2.33. The smallest absolute Gasteiger partial charge is 0.178 e. The predicted molar refractivity (Wildman–Crippen MR) is 427 cm³/mol. The molecule has 4 aliphatic heterocycles. The minimum Gasteiger partial charge on any atom is -0.454 e. The first kappa shape index (κ1) is 65.2. The summed E-state index contributed by atoms with van der Waals surface area (Å²) in [5, 5.41) is 9.19. The molecule has 4 atom stereocenters. The van der Waals surface area contributed by atoms with Crippen molar-refractivity contribution in [3.05, 3.63) is 235 Å². The highest BCUT2D eigenvalue weighted by molar-refractivity contribution is 6.14. The normalized spacial score (nSPS) is 16.8. The van der Waals surface area contributed by atoms with Gasteiger partial charge in [0.2, 0.25) is 0 Å². The van der Waals surface area contributed by atoms with Gasteiger partial charge in [-0.25, -0.2) is 24.9 Å². The molecule has 0 saturated heterocycles. The maximum absolute atomic E-state index is 6.35. The Morgan fingerprint density at radius 1 is 0.279 bits per heavy atom. The Balaban J connectivity index is 0.000000103. The van der Waals surface area contributed by atoms with Crippen molar-refractivity contribution in [2.45, 2.75) is 120 Å². The lowest BCUT2D eigenvalue weighted by Crippen LogP contribution is -2.42. The van der Waals surface area contributed by atoms with E-state index in [1.165, 1.54) is 28.1 Å². The van der Waals surface area contributed by atoms with Gasteiger partial charge in [0, 0.05) is 100 Å². The number of rotatable bonds is 6. The van der Waals surface area contributed by atoms with E-state index >= 15 is 0 Å². The zero-order chi connectivity index (χ0) is 71.7. The molecule has 0 bridgehead atoms. The second kappa shape index (κ2) is 25.4. The van der Waals surface area contributed by atoms with Crippen molar-refractivity contribution >= 4 is 157 Å². The Morgan fingerprint density at radius 3 is 0.933 bits per heavy atom. The molecule has 4 aliphatic rings. The number of pyridine rings is 3. The van der Waals surface area contributed by atoms with Gasteiger partial charge >= 0.3 is 0 Å². The van der Waals surface area contributed by atoms with Gasteiger partial charge in [-0.15, -0.1) is 0 Å². The molecule has 520 valence electrons. The van der Waals surface area contributed by atoms with Gasteiger partial charge in [-0.05, 0) is 166 Å². The number of anilines is 12. The van der Waals surface area contributed by atoms with Crippen LogP contribution in [-0.2, 0) is 0 Å².